The summed E-state index contributed by atoms with van der Waals surface area (Å²) in [5, 5.41) is 0. The van der Waals surface area contributed by atoms with Crippen molar-refractivity contribution >= 4 is 9.24 Å². The van der Waals surface area contributed by atoms with E-state index in [1.165, 1.54) is 0 Å². The molecule has 0 aromatic heterocycles. The van der Waals surface area contributed by atoms with E-state index in [1.807, 2.05) is 0 Å². The number of rotatable bonds is 1. The van der Waals surface area contributed by atoms with Gasteiger partial charge in [0.1, 0.15) is 0 Å². The lowest BCUT2D eigenvalue weighted by Crippen LogP contribution is -2.85. The Morgan fingerprint density at radius 1 is 0.833 bits per heavy atom. The number of hydrogen-bond donors (Lipinski definition) is 0. The summed E-state index contributed by atoms with van der Waals surface area (Å²) in [6, 6.07) is 0. The number of halogens is 9. The third-order valence-electron chi connectivity index (χ3n) is 4.73. The number of ether oxygens (including phenoxy) is 3. The maximum Gasteiger partial charge on any atom is 0.443 e. The van der Waals surface area contributed by atoms with Gasteiger partial charge in [0.05, 0.1) is 0 Å². The lowest BCUT2D eigenvalue weighted by Gasteiger charge is -2.67. The van der Waals surface area contributed by atoms with Gasteiger partial charge in [-0.1, -0.05) is 0 Å². The summed E-state index contributed by atoms with van der Waals surface area (Å²) < 4.78 is 135. The van der Waals surface area contributed by atoms with Gasteiger partial charge >= 0.3 is 18.5 Å². The topological polar surface area (TPSA) is 27.7 Å². The SMILES string of the molecule is FC(F)(F)C12CC3(C(F)(F)F)OC(CC(C(F)(F)F)(O1)C3CP)O2. The van der Waals surface area contributed by atoms with Crippen LogP contribution in [0.3, 0.4) is 0 Å². The van der Waals surface area contributed by atoms with Crippen LogP contribution in [0.1, 0.15) is 12.8 Å². The van der Waals surface area contributed by atoms with E-state index in [0.717, 1.165) is 0 Å². The van der Waals surface area contributed by atoms with Crippen molar-refractivity contribution in [2.24, 2.45) is 5.92 Å². The molecule has 13 heteroatoms. The molecule has 0 radical (unpaired) electrons. The molecule has 3 nitrogen and oxygen atoms in total. The molecule has 24 heavy (non-hydrogen) atoms. The normalized spacial score (nSPS) is 45.8. The van der Waals surface area contributed by atoms with Crippen molar-refractivity contribution < 1.29 is 53.7 Å². The highest BCUT2D eigenvalue weighted by Gasteiger charge is 2.87. The summed E-state index contributed by atoms with van der Waals surface area (Å²) in [7, 11) is 1.69. The first-order valence-corrected chi connectivity index (χ1v) is 7.42. The molecule has 4 aliphatic rings. The summed E-state index contributed by atoms with van der Waals surface area (Å²) in [6.45, 7) is 0. The van der Waals surface area contributed by atoms with Gasteiger partial charge in [-0.2, -0.15) is 39.5 Å². The molecule has 0 spiro atoms. The van der Waals surface area contributed by atoms with Crippen LogP contribution in [0.4, 0.5) is 39.5 Å². The average molecular weight is 392 g/mol. The summed E-state index contributed by atoms with van der Waals surface area (Å²) >= 11 is 0. The minimum Gasteiger partial charge on any atom is -0.336 e. The van der Waals surface area contributed by atoms with Crippen LogP contribution >= 0.6 is 9.24 Å². The van der Waals surface area contributed by atoms with E-state index in [1.54, 1.807) is 9.24 Å². The smallest absolute Gasteiger partial charge is 0.336 e. The number of alkyl halides is 9. The fourth-order valence-corrected chi connectivity index (χ4v) is 4.53. The third kappa shape index (κ3) is 2.02. The molecular formula is C11H10F9O3P. The van der Waals surface area contributed by atoms with E-state index in [-0.39, 0.29) is 0 Å². The Labute approximate surface area is 131 Å². The molecule has 4 rings (SSSR count). The van der Waals surface area contributed by atoms with E-state index >= 15 is 0 Å². The molecule has 0 amide bonds. The van der Waals surface area contributed by atoms with Crippen LogP contribution < -0.4 is 0 Å². The van der Waals surface area contributed by atoms with E-state index < -0.39 is 66.7 Å². The third-order valence-corrected chi connectivity index (χ3v) is 5.20. The second-order valence-corrected chi connectivity index (χ2v) is 6.43. The molecule has 4 heterocycles. The molecule has 0 aromatic carbocycles. The maximum absolute atomic E-state index is 13.6. The highest BCUT2D eigenvalue weighted by atomic mass is 31.0. The van der Waals surface area contributed by atoms with Gasteiger partial charge in [-0.15, -0.1) is 9.24 Å². The summed E-state index contributed by atoms with van der Waals surface area (Å²) in [5.74, 6) is -6.43. The van der Waals surface area contributed by atoms with Gasteiger partial charge in [0.25, 0.3) is 5.79 Å². The molecule has 6 unspecified atom stereocenters. The summed E-state index contributed by atoms with van der Waals surface area (Å²) in [4.78, 5) is 0. The van der Waals surface area contributed by atoms with Gasteiger partial charge in [0, 0.05) is 18.8 Å². The maximum atomic E-state index is 13.6. The quantitative estimate of drug-likeness (QED) is 0.505. The van der Waals surface area contributed by atoms with Gasteiger partial charge in [0.15, 0.2) is 17.5 Å². The molecule has 4 saturated heterocycles. The molecule has 0 aliphatic carbocycles. The number of hydrogen-bond acceptors (Lipinski definition) is 3. The Kier molecular flexibility index (Phi) is 3.61. The van der Waals surface area contributed by atoms with E-state index in [9.17, 15) is 39.5 Å². The van der Waals surface area contributed by atoms with Crippen molar-refractivity contribution in [2.45, 2.75) is 54.6 Å². The zero-order valence-corrected chi connectivity index (χ0v) is 12.6. The molecule has 4 fully saturated rings. The van der Waals surface area contributed by atoms with Gasteiger partial charge in [0.2, 0.25) is 0 Å². The van der Waals surface area contributed by atoms with Crippen LogP contribution in [0.25, 0.3) is 0 Å². The van der Waals surface area contributed by atoms with Crippen LogP contribution in [-0.2, 0) is 14.2 Å². The van der Waals surface area contributed by atoms with E-state index in [4.69, 9.17) is 0 Å². The van der Waals surface area contributed by atoms with Crippen LogP contribution in [0.15, 0.2) is 0 Å². The van der Waals surface area contributed by atoms with E-state index in [2.05, 4.69) is 14.2 Å². The van der Waals surface area contributed by atoms with Crippen molar-refractivity contribution in [1.29, 1.82) is 0 Å². The predicted octanol–water partition coefficient (Wildman–Crippen LogP) is 3.54. The van der Waals surface area contributed by atoms with Gasteiger partial charge < -0.3 is 14.2 Å². The first-order chi connectivity index (χ1) is 10.6. The van der Waals surface area contributed by atoms with Crippen molar-refractivity contribution in [2.75, 3.05) is 6.16 Å². The van der Waals surface area contributed by atoms with Gasteiger partial charge in [-0.3, -0.25) is 0 Å². The first kappa shape index (κ1) is 18.5. The molecule has 0 aromatic rings. The summed E-state index contributed by atoms with van der Waals surface area (Å²) in [6.07, 6.45) is -23.0. The molecule has 4 bridgehead atoms. The second kappa shape index (κ2) is 4.69. The lowest BCUT2D eigenvalue weighted by molar-refractivity contribution is -0.588. The molecular weight excluding hydrogens is 382 g/mol. The average Bonchev–Trinajstić information content (AvgIpc) is 2.33. The van der Waals surface area contributed by atoms with Gasteiger partial charge in [-0.05, 0) is 6.16 Å². The first-order valence-electron chi connectivity index (χ1n) is 6.60. The molecule has 140 valence electrons. The van der Waals surface area contributed by atoms with Crippen LogP contribution in [0.2, 0.25) is 0 Å². The standard InChI is InChI=1S/C11H10F9O3P/c12-9(13,14)6-1-5-21-7(4(6)2-24,10(15,16)17)3-8(22-5,23-6)11(18,19)20/h4-5H,1-3,24H2. The van der Waals surface area contributed by atoms with E-state index in [0.29, 0.717) is 0 Å². The van der Waals surface area contributed by atoms with Crippen molar-refractivity contribution in [3.63, 3.8) is 0 Å². The minimum absolute atomic E-state index is 0.820. The lowest BCUT2D eigenvalue weighted by atomic mass is 9.64. The highest BCUT2D eigenvalue weighted by Crippen LogP contribution is 2.69. The fraction of sp³-hybridized carbons (Fsp3) is 1.00. The van der Waals surface area contributed by atoms with Gasteiger partial charge in [-0.25, -0.2) is 0 Å². The molecule has 0 saturated carbocycles. The Morgan fingerprint density at radius 2 is 1.38 bits per heavy atom. The van der Waals surface area contributed by atoms with Crippen molar-refractivity contribution in [3.05, 3.63) is 0 Å². The van der Waals surface area contributed by atoms with Crippen LogP contribution in [-0.4, -0.2) is 48.0 Å². The van der Waals surface area contributed by atoms with Crippen LogP contribution in [0, 0.1) is 5.92 Å². The minimum atomic E-state index is -5.60. The van der Waals surface area contributed by atoms with Crippen LogP contribution in [0.5, 0.6) is 0 Å². The Morgan fingerprint density at radius 3 is 1.79 bits per heavy atom. The monoisotopic (exact) mass is 392 g/mol. The molecule has 6 atom stereocenters. The largest absolute Gasteiger partial charge is 0.443 e. The zero-order chi connectivity index (χ0) is 18.4. The summed E-state index contributed by atoms with van der Waals surface area (Å²) in [5.41, 5.74) is -7.33. The van der Waals surface area contributed by atoms with Crippen molar-refractivity contribution in [3.8, 4) is 0 Å². The zero-order valence-electron chi connectivity index (χ0n) is 11.5. The fourth-order valence-electron chi connectivity index (χ4n) is 3.76. The Hall–Kier alpha value is -0.320. The Balaban J connectivity index is 2.26. The highest BCUT2D eigenvalue weighted by molar-refractivity contribution is 7.16. The van der Waals surface area contributed by atoms with Crippen molar-refractivity contribution in [1.82, 2.24) is 0 Å². The Bertz CT molecular complexity index is 510. The predicted molar refractivity (Wildman–Crippen MR) is 60.7 cm³/mol. The molecule has 0 N–H and O–H groups in total. The molecule has 4 aliphatic heterocycles. The second-order valence-electron chi connectivity index (χ2n) is 5.96.